The van der Waals surface area contributed by atoms with Gasteiger partial charge in [-0.05, 0) is 42.3 Å². The maximum atomic E-state index is 12.5. The number of carbonyl (C=O) groups is 1. The quantitative estimate of drug-likeness (QED) is 0.666. The summed E-state index contributed by atoms with van der Waals surface area (Å²) in [6.45, 7) is 2.39. The highest BCUT2D eigenvalue weighted by molar-refractivity contribution is 6.33. The Bertz CT molecular complexity index is 882. The largest absolute Gasteiger partial charge is 0.487 e. The molecule has 0 spiro atoms. The normalized spacial score (nSPS) is 10.3. The summed E-state index contributed by atoms with van der Waals surface area (Å²) in [5.74, 6) is 0.281. The van der Waals surface area contributed by atoms with Gasteiger partial charge in [0.15, 0.2) is 0 Å². The van der Waals surface area contributed by atoms with Gasteiger partial charge in [0.05, 0.1) is 11.3 Å². The van der Waals surface area contributed by atoms with E-state index in [1.807, 2.05) is 55.5 Å². The maximum absolute atomic E-state index is 12.5. The lowest BCUT2D eigenvalue weighted by Crippen LogP contribution is -2.14. The molecule has 2 aromatic carbocycles. The number of rotatable bonds is 5. The molecule has 0 fully saturated rings. The number of aromatic nitrogens is 1. The summed E-state index contributed by atoms with van der Waals surface area (Å²) in [6, 6.07) is 18.8. The summed E-state index contributed by atoms with van der Waals surface area (Å²) < 4.78 is 5.91. The van der Waals surface area contributed by atoms with Gasteiger partial charge in [0.1, 0.15) is 17.5 Å². The van der Waals surface area contributed by atoms with Crippen molar-refractivity contribution in [3.63, 3.8) is 0 Å². The van der Waals surface area contributed by atoms with Crippen molar-refractivity contribution in [2.75, 3.05) is 5.32 Å². The SMILES string of the molecule is Cc1ccc(NC(=O)c2cccnc2Cl)c(OCc2ccccc2)c1. The zero-order chi connectivity index (χ0) is 17.6. The highest BCUT2D eigenvalue weighted by Gasteiger charge is 2.14. The lowest BCUT2D eigenvalue weighted by Gasteiger charge is -2.14. The molecule has 1 heterocycles. The summed E-state index contributed by atoms with van der Waals surface area (Å²) in [4.78, 5) is 16.4. The van der Waals surface area contributed by atoms with Crippen LogP contribution >= 0.6 is 11.6 Å². The first-order chi connectivity index (χ1) is 12.1. The summed E-state index contributed by atoms with van der Waals surface area (Å²) in [6.07, 6.45) is 1.54. The lowest BCUT2D eigenvalue weighted by molar-refractivity contribution is 0.102. The van der Waals surface area contributed by atoms with Crippen LogP contribution < -0.4 is 10.1 Å². The molecule has 0 saturated heterocycles. The van der Waals surface area contributed by atoms with E-state index in [1.165, 1.54) is 0 Å². The Kier molecular flexibility index (Phi) is 5.31. The van der Waals surface area contributed by atoms with Crippen LogP contribution in [0, 0.1) is 6.92 Å². The van der Waals surface area contributed by atoms with Crippen LogP contribution in [0.4, 0.5) is 5.69 Å². The van der Waals surface area contributed by atoms with E-state index in [9.17, 15) is 4.79 Å². The van der Waals surface area contributed by atoms with Crippen LogP contribution in [-0.4, -0.2) is 10.9 Å². The van der Waals surface area contributed by atoms with Crippen molar-refractivity contribution in [3.8, 4) is 5.75 Å². The Balaban J connectivity index is 1.79. The maximum Gasteiger partial charge on any atom is 0.258 e. The molecule has 0 saturated carbocycles. The predicted molar refractivity (Wildman–Crippen MR) is 99.2 cm³/mol. The van der Waals surface area contributed by atoms with Gasteiger partial charge < -0.3 is 10.1 Å². The van der Waals surface area contributed by atoms with E-state index in [0.717, 1.165) is 11.1 Å². The first kappa shape index (κ1) is 17.0. The summed E-state index contributed by atoms with van der Waals surface area (Å²) in [5, 5.41) is 3.01. The fourth-order valence-corrected chi connectivity index (χ4v) is 2.54. The van der Waals surface area contributed by atoms with Gasteiger partial charge in [0.2, 0.25) is 0 Å². The van der Waals surface area contributed by atoms with Crippen molar-refractivity contribution in [1.29, 1.82) is 0 Å². The van der Waals surface area contributed by atoms with Gasteiger partial charge in [0.25, 0.3) is 5.91 Å². The van der Waals surface area contributed by atoms with Crippen LogP contribution in [0.15, 0.2) is 66.9 Å². The van der Waals surface area contributed by atoms with Gasteiger partial charge in [-0.2, -0.15) is 0 Å². The summed E-state index contributed by atoms with van der Waals surface area (Å²) in [5.41, 5.74) is 3.00. The third-order valence-corrected chi connectivity index (χ3v) is 3.93. The molecule has 1 N–H and O–H groups in total. The number of anilines is 1. The van der Waals surface area contributed by atoms with E-state index in [0.29, 0.717) is 23.6 Å². The number of ether oxygens (including phenoxy) is 1. The van der Waals surface area contributed by atoms with Crippen molar-refractivity contribution in [1.82, 2.24) is 4.98 Å². The van der Waals surface area contributed by atoms with Crippen LogP contribution in [0.1, 0.15) is 21.5 Å². The van der Waals surface area contributed by atoms with Crippen molar-refractivity contribution in [2.45, 2.75) is 13.5 Å². The van der Waals surface area contributed by atoms with Gasteiger partial charge >= 0.3 is 0 Å². The zero-order valence-electron chi connectivity index (χ0n) is 13.7. The molecule has 0 aliphatic carbocycles. The van der Waals surface area contributed by atoms with E-state index < -0.39 is 0 Å². The lowest BCUT2D eigenvalue weighted by atomic mass is 10.2. The van der Waals surface area contributed by atoms with Crippen molar-refractivity contribution >= 4 is 23.2 Å². The van der Waals surface area contributed by atoms with Gasteiger partial charge in [-0.15, -0.1) is 0 Å². The van der Waals surface area contributed by atoms with Crippen LogP contribution in [0.3, 0.4) is 0 Å². The number of halogens is 1. The average Bonchev–Trinajstić information content (AvgIpc) is 2.63. The summed E-state index contributed by atoms with van der Waals surface area (Å²) >= 11 is 5.99. The predicted octanol–water partition coefficient (Wildman–Crippen LogP) is 4.87. The number of nitrogens with one attached hydrogen (secondary N) is 1. The monoisotopic (exact) mass is 352 g/mol. The Morgan fingerprint density at radius 2 is 1.92 bits per heavy atom. The number of nitrogens with zero attached hydrogens (tertiary/aromatic N) is 1. The number of hydrogen-bond donors (Lipinski definition) is 1. The number of pyridine rings is 1. The Labute approximate surface area is 151 Å². The topological polar surface area (TPSA) is 51.2 Å². The molecule has 0 atom stereocenters. The van der Waals surface area contributed by atoms with E-state index in [4.69, 9.17) is 16.3 Å². The molecule has 1 aromatic heterocycles. The van der Waals surface area contributed by atoms with Gasteiger partial charge in [-0.3, -0.25) is 4.79 Å². The van der Waals surface area contributed by atoms with E-state index in [2.05, 4.69) is 10.3 Å². The molecule has 5 heteroatoms. The third-order valence-electron chi connectivity index (χ3n) is 3.63. The molecule has 0 unspecified atom stereocenters. The average molecular weight is 353 g/mol. The van der Waals surface area contributed by atoms with Crippen molar-refractivity contribution in [3.05, 3.63) is 88.7 Å². The fourth-order valence-electron chi connectivity index (χ4n) is 2.33. The van der Waals surface area contributed by atoms with Crippen molar-refractivity contribution in [2.24, 2.45) is 0 Å². The van der Waals surface area contributed by atoms with E-state index in [1.54, 1.807) is 18.3 Å². The standard InChI is InChI=1S/C20H17ClN2O2/c1-14-9-10-17(23-20(24)16-8-5-11-22-19(16)21)18(12-14)25-13-15-6-3-2-4-7-15/h2-12H,13H2,1H3,(H,23,24). The Morgan fingerprint density at radius 1 is 1.12 bits per heavy atom. The molecule has 0 bridgehead atoms. The first-order valence-corrected chi connectivity index (χ1v) is 8.20. The van der Waals surface area contributed by atoms with E-state index >= 15 is 0 Å². The van der Waals surface area contributed by atoms with E-state index in [-0.39, 0.29) is 11.1 Å². The van der Waals surface area contributed by atoms with Crippen LogP contribution in [0.2, 0.25) is 5.15 Å². The van der Waals surface area contributed by atoms with Gasteiger partial charge in [0, 0.05) is 6.20 Å². The first-order valence-electron chi connectivity index (χ1n) is 7.83. The van der Waals surface area contributed by atoms with Crippen LogP contribution in [0.5, 0.6) is 5.75 Å². The minimum atomic E-state index is -0.327. The van der Waals surface area contributed by atoms with Gasteiger partial charge in [-0.1, -0.05) is 48.0 Å². The molecule has 0 radical (unpaired) electrons. The molecular formula is C20H17ClN2O2. The highest BCUT2D eigenvalue weighted by atomic mass is 35.5. The number of amides is 1. The number of aryl methyl sites for hydroxylation is 1. The highest BCUT2D eigenvalue weighted by Crippen LogP contribution is 2.27. The Morgan fingerprint density at radius 3 is 2.68 bits per heavy atom. The van der Waals surface area contributed by atoms with Crippen molar-refractivity contribution < 1.29 is 9.53 Å². The third kappa shape index (κ3) is 4.37. The van der Waals surface area contributed by atoms with Crippen LogP contribution in [0.25, 0.3) is 0 Å². The molecule has 0 aliphatic heterocycles. The summed E-state index contributed by atoms with van der Waals surface area (Å²) in [7, 11) is 0. The fraction of sp³-hybridized carbons (Fsp3) is 0.100. The molecule has 25 heavy (non-hydrogen) atoms. The second-order valence-electron chi connectivity index (χ2n) is 5.57. The minimum absolute atomic E-state index is 0.166. The molecule has 1 amide bonds. The second kappa shape index (κ2) is 7.81. The zero-order valence-corrected chi connectivity index (χ0v) is 14.5. The minimum Gasteiger partial charge on any atom is -0.487 e. The number of hydrogen-bond acceptors (Lipinski definition) is 3. The van der Waals surface area contributed by atoms with Gasteiger partial charge in [-0.25, -0.2) is 4.98 Å². The molecule has 3 rings (SSSR count). The second-order valence-corrected chi connectivity index (χ2v) is 5.93. The Hall–Kier alpha value is -2.85. The molecule has 0 aliphatic rings. The van der Waals surface area contributed by atoms with Crippen LogP contribution in [-0.2, 0) is 6.61 Å². The number of benzene rings is 2. The molecular weight excluding hydrogens is 336 g/mol. The smallest absolute Gasteiger partial charge is 0.258 e. The molecule has 126 valence electrons. The molecule has 3 aromatic rings. The number of carbonyl (C=O) groups excluding carboxylic acids is 1. The molecule has 4 nitrogen and oxygen atoms in total.